The largest absolute Gasteiger partial charge is 0.353 e. The zero-order chi connectivity index (χ0) is 46.2. The normalized spacial score (nSPS) is 22.5. The summed E-state index contributed by atoms with van der Waals surface area (Å²) in [5.74, 6) is 5.61. The van der Waals surface area contributed by atoms with Crippen LogP contribution in [-0.4, -0.2) is 119 Å². The van der Waals surface area contributed by atoms with Gasteiger partial charge in [0.05, 0.1) is 11.8 Å². The number of rotatable bonds is 12. The summed E-state index contributed by atoms with van der Waals surface area (Å²) in [5.41, 5.74) is 6.56. The lowest BCUT2D eigenvalue weighted by Gasteiger charge is -2.38. The molecule has 66 heavy (non-hydrogen) atoms. The van der Waals surface area contributed by atoms with Gasteiger partial charge in [-0.05, 0) is 48.2 Å². The van der Waals surface area contributed by atoms with Gasteiger partial charge < -0.3 is 40.9 Å². The molecular weight excluding hydrogens is 872 g/mol. The van der Waals surface area contributed by atoms with E-state index in [0.29, 0.717) is 85.1 Å². The highest BCUT2D eigenvalue weighted by atomic mass is 35.5. The number of carbonyl (C=O) groups is 2. The Morgan fingerprint density at radius 1 is 0.591 bits per heavy atom. The van der Waals surface area contributed by atoms with E-state index in [2.05, 4.69) is 91.9 Å². The minimum Gasteiger partial charge on any atom is -0.353 e. The maximum atomic E-state index is 13.6. The zero-order valence-corrected chi connectivity index (χ0v) is 40.0. The Morgan fingerprint density at radius 2 is 0.955 bits per heavy atom. The first-order valence-corrected chi connectivity index (χ1v) is 24.3. The van der Waals surface area contributed by atoms with Gasteiger partial charge in [0.25, 0.3) is 0 Å². The summed E-state index contributed by atoms with van der Waals surface area (Å²) in [7, 11) is 0. The molecule has 348 valence electrons. The second-order valence-corrected chi connectivity index (χ2v) is 19.9. The summed E-state index contributed by atoms with van der Waals surface area (Å²) in [6.07, 6.45) is 5.48. The van der Waals surface area contributed by atoms with Gasteiger partial charge in [-0.1, -0.05) is 88.3 Å². The Balaban J connectivity index is 0.000000166. The van der Waals surface area contributed by atoms with Gasteiger partial charge in [-0.25, -0.2) is 19.9 Å². The summed E-state index contributed by atoms with van der Waals surface area (Å²) < 4.78 is 0. The van der Waals surface area contributed by atoms with Gasteiger partial charge in [-0.15, -0.1) is 0 Å². The van der Waals surface area contributed by atoms with Crippen molar-refractivity contribution in [1.29, 1.82) is 0 Å². The van der Waals surface area contributed by atoms with Crippen molar-refractivity contribution in [3.8, 4) is 0 Å². The van der Waals surface area contributed by atoms with Crippen LogP contribution >= 0.6 is 23.2 Å². The van der Waals surface area contributed by atoms with Crippen molar-refractivity contribution >= 4 is 58.3 Å². The van der Waals surface area contributed by atoms with Crippen LogP contribution in [-0.2, 0) is 9.59 Å². The molecule has 2 saturated heterocycles. The number of nitrogens with one attached hydrogen (secondary N) is 4. The average Bonchev–Trinajstić information content (AvgIpc) is 4.26. The number of hydrogen-bond donors (Lipinski definition) is 4. The highest BCUT2D eigenvalue weighted by Crippen LogP contribution is 2.59. The molecule has 4 fully saturated rings. The van der Waals surface area contributed by atoms with E-state index < -0.39 is 0 Å². The number of allylic oxidation sites excluding steroid dienone is 2. The third kappa shape index (κ3) is 9.88. The molecule has 6 atom stereocenters. The summed E-state index contributed by atoms with van der Waals surface area (Å²) in [6.45, 7) is 23.6. The summed E-state index contributed by atoms with van der Waals surface area (Å²) in [5, 5.41) is 15.0. The van der Waals surface area contributed by atoms with Crippen LogP contribution in [0.3, 0.4) is 0 Å². The van der Waals surface area contributed by atoms with E-state index in [9.17, 15) is 9.59 Å². The van der Waals surface area contributed by atoms with Crippen molar-refractivity contribution in [2.75, 3.05) is 85.9 Å². The molecule has 2 aromatic heterocycles. The van der Waals surface area contributed by atoms with Gasteiger partial charge in [0.2, 0.25) is 11.8 Å². The van der Waals surface area contributed by atoms with Gasteiger partial charge >= 0.3 is 0 Å². The smallest absolute Gasteiger partial charge is 0.231 e. The van der Waals surface area contributed by atoms with Gasteiger partial charge in [0, 0.05) is 134 Å². The minimum absolute atomic E-state index is 0.162. The molecule has 10 rings (SSSR count). The number of fused-ring (bicyclic) bond motifs is 6. The summed E-state index contributed by atoms with van der Waals surface area (Å²) in [6, 6.07) is 15.9. The van der Waals surface area contributed by atoms with Crippen molar-refractivity contribution in [2.24, 2.45) is 11.8 Å². The minimum atomic E-state index is -0.231. The third-order valence-corrected chi connectivity index (χ3v) is 14.4. The van der Waals surface area contributed by atoms with E-state index in [0.717, 1.165) is 84.8 Å². The lowest BCUT2D eigenvalue weighted by Crippen LogP contribution is -2.51. The Morgan fingerprint density at radius 3 is 1.30 bits per heavy atom. The number of aromatic nitrogens is 4. The Kier molecular flexibility index (Phi) is 13.6. The standard InChI is InChI=1S/2C25H31ClN6O/c2*1-15(2)27-13-21(17-4-6-18(26)7-5-17)25(33)32-10-8-31(9-11-32)24-22-20-12-19(20)16(3)30-23(22)28-14-29-24/h2*4-7,14-15,19-21,27H,3,8-13H2,1-2H3,(H,28,29,30)/t19-,20-,21+;19-,20-,21-/m01/s1. The first-order chi connectivity index (χ1) is 31.8. The van der Waals surface area contributed by atoms with Crippen LogP contribution in [0.2, 0.25) is 10.0 Å². The van der Waals surface area contributed by atoms with Crippen LogP contribution in [0.4, 0.5) is 23.3 Å². The Hall–Kier alpha value is -5.28. The second kappa shape index (κ2) is 19.5. The molecule has 14 nitrogen and oxygen atoms in total. The molecule has 16 heteroatoms. The van der Waals surface area contributed by atoms with Gasteiger partial charge in [0.15, 0.2) is 0 Å². The number of nitrogens with zero attached hydrogens (tertiary/aromatic N) is 8. The van der Waals surface area contributed by atoms with E-state index in [1.54, 1.807) is 12.7 Å². The van der Waals surface area contributed by atoms with Gasteiger partial charge in [0.1, 0.15) is 35.9 Å². The molecule has 4 N–H and O–H groups in total. The Bertz CT molecular complexity index is 2260. The first-order valence-electron chi connectivity index (χ1n) is 23.5. The van der Waals surface area contributed by atoms with Crippen molar-refractivity contribution < 1.29 is 9.59 Å². The molecular formula is C50H62Cl2N12O2. The second-order valence-electron chi connectivity index (χ2n) is 19.1. The van der Waals surface area contributed by atoms with Crippen molar-refractivity contribution in [2.45, 2.75) is 76.3 Å². The van der Waals surface area contributed by atoms with Crippen LogP contribution in [0.25, 0.3) is 0 Å². The molecule has 2 amide bonds. The SMILES string of the molecule is C=C1Nc2ncnc(N3CCN(C(=O)[C@H](CNC(C)C)c4ccc(Cl)cc4)CC3)c2[C@@H]2C[C@H]12.C=C1Nc2ncnc(N3CCN(C(=O)[C@H](CNC(C)C)c4ccc(Cl)cc4)CC3)c2[C@H]2C[C@@H]12. The van der Waals surface area contributed by atoms with E-state index in [-0.39, 0.29) is 23.7 Å². The fraction of sp³-hybridized carbons (Fsp3) is 0.480. The van der Waals surface area contributed by atoms with Gasteiger partial charge in [-0.2, -0.15) is 0 Å². The number of piperazine rings is 2. The van der Waals surface area contributed by atoms with Crippen LogP contribution in [0.5, 0.6) is 0 Å². The molecule has 2 saturated carbocycles. The van der Waals surface area contributed by atoms with E-state index >= 15 is 0 Å². The highest BCUT2D eigenvalue weighted by Gasteiger charge is 2.49. The molecule has 4 aromatic rings. The first kappa shape index (κ1) is 45.9. The molecule has 2 aromatic carbocycles. The van der Waals surface area contributed by atoms with E-state index in [4.69, 9.17) is 23.2 Å². The number of amides is 2. The lowest BCUT2D eigenvalue weighted by atomic mass is 9.96. The lowest BCUT2D eigenvalue weighted by molar-refractivity contribution is -0.133. The molecule has 6 heterocycles. The van der Waals surface area contributed by atoms with E-state index in [1.807, 2.05) is 58.3 Å². The number of anilines is 4. The molecule has 4 aliphatic heterocycles. The number of carbonyl (C=O) groups excluding carboxylic acids is 2. The van der Waals surface area contributed by atoms with Crippen LogP contribution in [0.1, 0.15) is 86.5 Å². The Labute approximate surface area is 398 Å². The number of benzene rings is 2. The quantitative estimate of drug-likeness (QED) is 0.114. The van der Waals surface area contributed by atoms with Gasteiger partial charge in [-0.3, -0.25) is 9.59 Å². The molecule has 0 bridgehead atoms. The molecule has 0 spiro atoms. The molecule has 2 aliphatic carbocycles. The fourth-order valence-electron chi connectivity index (χ4n) is 9.96. The fourth-order valence-corrected chi connectivity index (χ4v) is 10.2. The predicted molar refractivity (Wildman–Crippen MR) is 264 cm³/mol. The third-order valence-electron chi connectivity index (χ3n) is 13.9. The van der Waals surface area contributed by atoms with Crippen molar-refractivity contribution in [1.82, 2.24) is 40.4 Å². The average molecular weight is 934 g/mol. The summed E-state index contributed by atoms with van der Waals surface area (Å²) in [4.78, 5) is 53.9. The van der Waals surface area contributed by atoms with Crippen LogP contribution < -0.4 is 31.1 Å². The monoisotopic (exact) mass is 932 g/mol. The maximum Gasteiger partial charge on any atom is 0.231 e. The highest BCUT2D eigenvalue weighted by molar-refractivity contribution is 6.30. The topological polar surface area (TPSA) is 147 Å². The molecule has 0 radical (unpaired) electrons. The van der Waals surface area contributed by atoms with Crippen molar-refractivity contribution in [3.63, 3.8) is 0 Å². The predicted octanol–water partition coefficient (Wildman–Crippen LogP) is 7.21. The van der Waals surface area contributed by atoms with Crippen molar-refractivity contribution in [3.05, 3.63) is 118 Å². The van der Waals surface area contributed by atoms with E-state index in [1.165, 1.54) is 11.1 Å². The number of hydrogen-bond acceptors (Lipinski definition) is 12. The van der Waals surface area contributed by atoms with Crippen LogP contribution in [0.15, 0.2) is 85.7 Å². The maximum absolute atomic E-state index is 13.6. The summed E-state index contributed by atoms with van der Waals surface area (Å²) >= 11 is 12.2. The zero-order valence-electron chi connectivity index (χ0n) is 38.4. The molecule has 6 aliphatic rings. The molecule has 0 unspecified atom stereocenters. The number of halogens is 2. The van der Waals surface area contributed by atoms with Crippen LogP contribution in [0, 0.1) is 11.8 Å².